The third kappa shape index (κ3) is 7.73. The molecule has 0 saturated carbocycles. The summed E-state index contributed by atoms with van der Waals surface area (Å²) < 4.78 is 0. The Labute approximate surface area is 199 Å². The molecule has 4 heteroatoms. The van der Waals surface area contributed by atoms with E-state index < -0.39 is 0 Å². The average Bonchev–Trinajstić information content (AvgIpc) is 3.36. The number of phenols is 1. The molecule has 3 aromatic rings. The van der Waals surface area contributed by atoms with Gasteiger partial charge >= 0.3 is 0 Å². The Hall–Kier alpha value is -2.62. The minimum Gasteiger partial charge on any atom is -0.507 e. The van der Waals surface area contributed by atoms with Crippen LogP contribution in [0.1, 0.15) is 95.1 Å². The maximum Gasteiger partial charge on any atom is 0.126 e. The third-order valence-corrected chi connectivity index (χ3v) is 6.54. The van der Waals surface area contributed by atoms with Crippen LogP contribution in [0.3, 0.4) is 0 Å². The van der Waals surface area contributed by atoms with Crippen LogP contribution in [0.25, 0.3) is 22.4 Å². The lowest BCUT2D eigenvalue weighted by Crippen LogP contribution is -1.93. The molecule has 0 atom stereocenters. The van der Waals surface area contributed by atoms with Gasteiger partial charge in [-0.2, -0.15) is 0 Å². The summed E-state index contributed by atoms with van der Waals surface area (Å²) >= 11 is 0. The zero-order valence-corrected chi connectivity index (χ0v) is 20.6. The molecule has 0 aliphatic rings. The summed E-state index contributed by atoms with van der Waals surface area (Å²) in [6.45, 7) is 4.38. The highest BCUT2D eigenvalue weighted by atomic mass is 16.3. The smallest absolute Gasteiger partial charge is 0.126 e. The lowest BCUT2D eigenvalue weighted by atomic mass is 9.92. The highest BCUT2D eigenvalue weighted by Gasteiger charge is 2.15. The fourth-order valence-corrected chi connectivity index (χ4v) is 4.68. The van der Waals surface area contributed by atoms with Crippen molar-refractivity contribution in [2.45, 2.75) is 97.3 Å². The number of aryl methyl sites for hydroxylation is 2. The molecule has 0 spiro atoms. The molecule has 33 heavy (non-hydrogen) atoms. The van der Waals surface area contributed by atoms with Crippen LogP contribution >= 0.6 is 0 Å². The molecule has 0 aliphatic carbocycles. The Morgan fingerprint density at radius 3 is 1.97 bits per heavy atom. The number of aromatic amines is 1. The lowest BCUT2D eigenvalue weighted by molar-refractivity contribution is 0.467. The number of H-pyrrole nitrogens is 1. The van der Waals surface area contributed by atoms with E-state index in [9.17, 15) is 5.11 Å². The first-order valence-electron chi connectivity index (χ1n) is 13.0. The Kier molecular flexibility index (Phi) is 10.5. The number of nitrogens with zero attached hydrogens (tertiary/aromatic N) is 2. The number of hydrogen-bond acceptors (Lipinski definition) is 3. The lowest BCUT2D eigenvalue weighted by Gasteiger charge is -2.14. The summed E-state index contributed by atoms with van der Waals surface area (Å²) in [6.07, 6.45) is 18.8. The monoisotopic (exact) mass is 447 g/mol. The van der Waals surface area contributed by atoms with Crippen LogP contribution in [-0.2, 0) is 6.42 Å². The fourth-order valence-electron chi connectivity index (χ4n) is 4.68. The van der Waals surface area contributed by atoms with E-state index in [1.807, 2.05) is 24.3 Å². The van der Waals surface area contributed by atoms with E-state index >= 15 is 0 Å². The molecule has 0 fully saturated rings. The summed E-state index contributed by atoms with van der Waals surface area (Å²) in [6, 6.07) is 12.3. The van der Waals surface area contributed by atoms with Crippen molar-refractivity contribution >= 4 is 0 Å². The van der Waals surface area contributed by atoms with Gasteiger partial charge in [0.15, 0.2) is 0 Å². The Morgan fingerprint density at radius 1 is 0.758 bits per heavy atom. The second-order valence-electron chi connectivity index (χ2n) is 9.36. The summed E-state index contributed by atoms with van der Waals surface area (Å²) in [5.74, 6) is 0.402. The van der Waals surface area contributed by atoms with E-state index in [0.29, 0.717) is 5.75 Å². The summed E-state index contributed by atoms with van der Waals surface area (Å²) in [7, 11) is 0. The zero-order valence-electron chi connectivity index (χ0n) is 20.6. The van der Waals surface area contributed by atoms with E-state index in [1.54, 1.807) is 6.20 Å². The number of hydrogen-bond donors (Lipinski definition) is 2. The van der Waals surface area contributed by atoms with Crippen molar-refractivity contribution in [1.29, 1.82) is 0 Å². The first-order chi connectivity index (χ1) is 16.2. The van der Waals surface area contributed by atoms with E-state index in [0.717, 1.165) is 40.8 Å². The van der Waals surface area contributed by atoms with Crippen LogP contribution in [0, 0.1) is 6.92 Å². The van der Waals surface area contributed by atoms with Crippen molar-refractivity contribution < 1.29 is 5.11 Å². The molecule has 1 aromatic heterocycles. The number of unbranched alkanes of at least 4 members (excludes halogenated alkanes) is 11. The quantitative estimate of drug-likeness (QED) is 0.230. The predicted octanol–water partition coefficient (Wildman–Crippen LogP) is 8.40. The molecule has 0 radical (unpaired) electrons. The van der Waals surface area contributed by atoms with Gasteiger partial charge in [0.05, 0.1) is 6.20 Å². The second-order valence-corrected chi connectivity index (χ2v) is 9.36. The van der Waals surface area contributed by atoms with Gasteiger partial charge in [-0.3, -0.25) is 5.10 Å². The highest BCUT2D eigenvalue weighted by Crippen LogP contribution is 2.39. The number of rotatable bonds is 15. The number of benzene rings is 2. The largest absolute Gasteiger partial charge is 0.507 e. The number of aromatic hydroxyl groups is 1. The summed E-state index contributed by atoms with van der Waals surface area (Å²) in [5, 5.41) is 21.9. The molecular formula is C29H41N3O. The van der Waals surface area contributed by atoms with Gasteiger partial charge in [-0.1, -0.05) is 113 Å². The molecular weight excluding hydrogens is 406 g/mol. The Bertz CT molecular complexity index is 950. The van der Waals surface area contributed by atoms with Crippen LogP contribution in [0.2, 0.25) is 0 Å². The second kappa shape index (κ2) is 13.8. The minimum atomic E-state index is 0.402. The topological polar surface area (TPSA) is 61.8 Å². The van der Waals surface area contributed by atoms with E-state index in [-0.39, 0.29) is 0 Å². The SMILES string of the molecule is CCCCCCCCCCCCCCc1cc(C)cc(-c2ccccc2-c2c[nH]nn2)c1O. The van der Waals surface area contributed by atoms with Crippen LogP contribution < -0.4 is 0 Å². The van der Waals surface area contributed by atoms with Gasteiger partial charge in [0.2, 0.25) is 0 Å². The molecule has 2 N–H and O–H groups in total. The Morgan fingerprint density at radius 2 is 1.36 bits per heavy atom. The van der Waals surface area contributed by atoms with Crippen molar-refractivity contribution in [2.24, 2.45) is 0 Å². The van der Waals surface area contributed by atoms with E-state index in [1.165, 1.54) is 76.2 Å². The van der Waals surface area contributed by atoms with E-state index in [4.69, 9.17) is 0 Å². The first kappa shape index (κ1) is 25.0. The van der Waals surface area contributed by atoms with Gasteiger partial charge in [-0.15, -0.1) is 5.10 Å². The van der Waals surface area contributed by atoms with Crippen molar-refractivity contribution in [3.63, 3.8) is 0 Å². The van der Waals surface area contributed by atoms with Gasteiger partial charge < -0.3 is 5.11 Å². The van der Waals surface area contributed by atoms with Crippen LogP contribution in [-0.4, -0.2) is 20.5 Å². The molecule has 2 aromatic carbocycles. The summed E-state index contributed by atoms with van der Waals surface area (Å²) in [4.78, 5) is 0. The van der Waals surface area contributed by atoms with Gasteiger partial charge in [0.1, 0.15) is 11.4 Å². The van der Waals surface area contributed by atoms with Gasteiger partial charge in [-0.25, -0.2) is 0 Å². The van der Waals surface area contributed by atoms with Crippen molar-refractivity contribution in [3.05, 3.63) is 53.7 Å². The molecule has 0 bridgehead atoms. The number of aromatic nitrogens is 3. The maximum atomic E-state index is 11.1. The van der Waals surface area contributed by atoms with Gasteiger partial charge in [-0.05, 0) is 42.5 Å². The van der Waals surface area contributed by atoms with Crippen molar-refractivity contribution in [2.75, 3.05) is 0 Å². The van der Waals surface area contributed by atoms with Crippen LogP contribution in [0.4, 0.5) is 0 Å². The van der Waals surface area contributed by atoms with Crippen molar-refractivity contribution in [3.8, 4) is 28.1 Å². The molecule has 3 rings (SSSR count). The van der Waals surface area contributed by atoms with E-state index in [2.05, 4.69) is 41.4 Å². The van der Waals surface area contributed by atoms with Crippen LogP contribution in [0.5, 0.6) is 5.75 Å². The predicted molar refractivity (Wildman–Crippen MR) is 138 cm³/mol. The standard InChI is InChI=1S/C29H41N3O/c1-3-4-5-6-7-8-9-10-11-12-13-14-17-24-20-23(2)21-27(29(24)33)25-18-15-16-19-26(25)28-22-30-32-31-28/h15-16,18-22,33H,3-14,17H2,1-2H3,(H,30,31,32). The van der Waals surface area contributed by atoms with Gasteiger partial charge in [0.25, 0.3) is 0 Å². The molecule has 178 valence electrons. The average molecular weight is 448 g/mol. The normalized spacial score (nSPS) is 11.2. The molecule has 4 nitrogen and oxygen atoms in total. The molecule has 0 unspecified atom stereocenters. The Balaban J connectivity index is 1.49. The molecule has 0 saturated heterocycles. The summed E-state index contributed by atoms with van der Waals surface area (Å²) in [5.41, 5.74) is 5.85. The van der Waals surface area contributed by atoms with Crippen molar-refractivity contribution in [1.82, 2.24) is 15.4 Å². The number of phenolic OH excluding ortho intramolecular Hbond substituents is 1. The third-order valence-electron chi connectivity index (χ3n) is 6.54. The fraction of sp³-hybridized carbons (Fsp3) is 0.517. The number of nitrogens with one attached hydrogen (secondary N) is 1. The van der Waals surface area contributed by atoms with Crippen LogP contribution in [0.15, 0.2) is 42.6 Å². The minimum absolute atomic E-state index is 0.402. The first-order valence-corrected chi connectivity index (χ1v) is 13.0. The zero-order chi connectivity index (χ0) is 23.3. The molecule has 1 heterocycles. The maximum absolute atomic E-state index is 11.1. The molecule has 0 amide bonds. The van der Waals surface area contributed by atoms with Gasteiger partial charge in [0, 0.05) is 11.1 Å². The highest BCUT2D eigenvalue weighted by molar-refractivity contribution is 5.85. The molecule has 0 aliphatic heterocycles.